The predicted octanol–water partition coefficient (Wildman–Crippen LogP) is 5.10. The van der Waals surface area contributed by atoms with Crippen LogP contribution in [0.5, 0.6) is 5.75 Å². The molecule has 2 heterocycles. The van der Waals surface area contributed by atoms with Crippen LogP contribution in [0.3, 0.4) is 0 Å². The summed E-state index contributed by atoms with van der Waals surface area (Å²) in [6.07, 6.45) is -0.340. The van der Waals surface area contributed by atoms with Crippen LogP contribution in [-0.4, -0.2) is 8.42 Å². The quantitative estimate of drug-likeness (QED) is 0.579. The normalized spacial score (nSPS) is 15.9. The molecular weight excluding hydrogens is 458 g/mol. The molecule has 0 amide bonds. The first-order valence-corrected chi connectivity index (χ1v) is 11.4. The molecule has 2 N–H and O–H groups in total. The van der Waals surface area contributed by atoms with Gasteiger partial charge in [0.25, 0.3) is 0 Å². The van der Waals surface area contributed by atoms with Crippen LogP contribution in [0.15, 0.2) is 52.3 Å². The smallest absolute Gasteiger partial charge is 0.213 e. The minimum absolute atomic E-state index is 0.226. The number of benzene rings is 2. The highest BCUT2D eigenvalue weighted by Crippen LogP contribution is 2.49. The van der Waals surface area contributed by atoms with E-state index in [0.29, 0.717) is 16.3 Å². The van der Waals surface area contributed by atoms with E-state index in [2.05, 4.69) is 15.9 Å². The number of sulfonamides is 1. The van der Waals surface area contributed by atoms with Gasteiger partial charge >= 0.3 is 0 Å². The lowest BCUT2D eigenvalue weighted by Crippen LogP contribution is -2.17. The lowest BCUT2D eigenvalue weighted by molar-refractivity contribution is 0.247. The van der Waals surface area contributed by atoms with Gasteiger partial charge in [-0.15, -0.1) is 11.3 Å². The van der Waals surface area contributed by atoms with Crippen molar-refractivity contribution in [2.75, 3.05) is 0 Å². The average molecular weight is 471 g/mol. The van der Waals surface area contributed by atoms with Crippen molar-refractivity contribution >= 4 is 48.9 Å². The van der Waals surface area contributed by atoms with Gasteiger partial charge in [0, 0.05) is 11.1 Å². The molecule has 4 rings (SSSR count). The maximum absolute atomic E-state index is 11.5. The van der Waals surface area contributed by atoms with Gasteiger partial charge < -0.3 is 4.74 Å². The second-order valence-corrected chi connectivity index (χ2v) is 10.5. The summed E-state index contributed by atoms with van der Waals surface area (Å²) >= 11 is 11.5. The number of nitrogens with two attached hydrogens (primary N) is 1. The maximum atomic E-state index is 11.5. The Morgan fingerprint density at radius 3 is 2.69 bits per heavy atom. The Morgan fingerprint density at radius 2 is 2.00 bits per heavy atom. The van der Waals surface area contributed by atoms with Crippen molar-refractivity contribution in [1.82, 2.24) is 0 Å². The first-order chi connectivity index (χ1) is 12.3. The zero-order chi connectivity index (χ0) is 18.5. The molecule has 1 aliphatic heterocycles. The van der Waals surface area contributed by atoms with E-state index in [1.165, 1.54) is 0 Å². The van der Waals surface area contributed by atoms with Crippen LogP contribution in [-0.2, 0) is 15.8 Å². The molecule has 26 heavy (non-hydrogen) atoms. The van der Waals surface area contributed by atoms with Crippen LogP contribution in [0, 0.1) is 0 Å². The molecule has 134 valence electrons. The fourth-order valence-electron chi connectivity index (χ4n) is 3.11. The molecule has 0 fully saturated rings. The molecule has 1 aromatic heterocycles. The van der Waals surface area contributed by atoms with Crippen molar-refractivity contribution in [2.24, 2.45) is 5.14 Å². The molecular formula is C18H13BrClNO3S2. The Morgan fingerprint density at radius 1 is 1.19 bits per heavy atom. The molecule has 3 aromatic rings. The summed E-state index contributed by atoms with van der Waals surface area (Å²) in [6.45, 7) is 0. The monoisotopic (exact) mass is 469 g/mol. The Bertz CT molecular complexity index is 1110. The Kier molecular flexibility index (Phi) is 4.61. The van der Waals surface area contributed by atoms with Crippen molar-refractivity contribution in [3.8, 4) is 16.9 Å². The largest absolute Gasteiger partial charge is 0.479 e. The number of hydrogen-bond donors (Lipinski definition) is 1. The summed E-state index contributed by atoms with van der Waals surface area (Å²) < 4.78 is 30.2. The van der Waals surface area contributed by atoms with Crippen LogP contribution in [0.1, 0.15) is 22.1 Å². The van der Waals surface area contributed by atoms with E-state index in [-0.39, 0.29) is 11.9 Å². The molecule has 1 atom stereocenters. The zero-order valence-electron chi connectivity index (χ0n) is 13.3. The zero-order valence-corrected chi connectivity index (χ0v) is 17.3. The maximum Gasteiger partial charge on any atom is 0.213 e. The first-order valence-electron chi connectivity index (χ1n) is 7.66. The fourth-order valence-corrected chi connectivity index (χ4v) is 5.50. The van der Waals surface area contributed by atoms with Gasteiger partial charge in [-0.05, 0) is 51.3 Å². The van der Waals surface area contributed by atoms with Crippen LogP contribution in [0.25, 0.3) is 11.1 Å². The number of ether oxygens (including phenoxy) is 1. The Labute approximate surface area is 168 Å². The van der Waals surface area contributed by atoms with E-state index in [1.807, 2.05) is 42.5 Å². The highest BCUT2D eigenvalue weighted by atomic mass is 79.9. The van der Waals surface area contributed by atoms with Gasteiger partial charge in [-0.1, -0.05) is 35.9 Å². The van der Waals surface area contributed by atoms with Gasteiger partial charge in [0.2, 0.25) is 10.0 Å². The Hall–Kier alpha value is -1.38. The molecule has 1 unspecified atom stereocenters. The second kappa shape index (κ2) is 6.65. The number of halogens is 2. The summed E-state index contributed by atoms with van der Waals surface area (Å²) in [4.78, 5) is 1.01. The molecule has 0 aliphatic carbocycles. The third-order valence-corrected chi connectivity index (χ3v) is 6.83. The van der Waals surface area contributed by atoms with Gasteiger partial charge in [0.15, 0.2) is 6.10 Å². The van der Waals surface area contributed by atoms with E-state index < -0.39 is 10.0 Å². The average Bonchev–Trinajstić information content (AvgIpc) is 2.99. The molecule has 0 bridgehead atoms. The van der Waals surface area contributed by atoms with Crippen LogP contribution in [0.4, 0.5) is 0 Å². The predicted molar refractivity (Wildman–Crippen MR) is 108 cm³/mol. The van der Waals surface area contributed by atoms with Crippen molar-refractivity contribution < 1.29 is 13.2 Å². The number of primary sulfonamides is 1. The molecule has 0 radical (unpaired) electrons. The lowest BCUT2D eigenvalue weighted by Gasteiger charge is -2.29. The molecule has 2 aromatic carbocycles. The van der Waals surface area contributed by atoms with Crippen molar-refractivity contribution in [3.05, 3.63) is 73.3 Å². The van der Waals surface area contributed by atoms with E-state index in [4.69, 9.17) is 21.5 Å². The van der Waals surface area contributed by atoms with Gasteiger partial charge in [0.1, 0.15) is 5.75 Å². The third kappa shape index (κ3) is 3.42. The van der Waals surface area contributed by atoms with E-state index in [9.17, 15) is 8.42 Å². The SMILES string of the molecule is NS(=O)(=O)Cc1ccc2c(c1)C(c1ccc(Br)s1)Oc1cccc(Cl)c1-2. The van der Waals surface area contributed by atoms with Gasteiger partial charge in [0.05, 0.1) is 19.4 Å². The van der Waals surface area contributed by atoms with Crippen LogP contribution >= 0.6 is 38.9 Å². The van der Waals surface area contributed by atoms with E-state index in [1.54, 1.807) is 17.4 Å². The Balaban J connectivity index is 1.92. The lowest BCUT2D eigenvalue weighted by atomic mass is 9.91. The van der Waals surface area contributed by atoms with E-state index >= 15 is 0 Å². The summed E-state index contributed by atoms with van der Waals surface area (Å²) in [5.74, 6) is 0.481. The van der Waals surface area contributed by atoms with Crippen molar-refractivity contribution in [2.45, 2.75) is 11.9 Å². The summed E-state index contributed by atoms with van der Waals surface area (Å²) in [6, 6.07) is 15.0. The first kappa shape index (κ1) is 18.0. The standard InChI is InChI=1S/C18H13BrClNO3S2/c19-16-7-6-15(25-16)18-12-8-10(9-26(21,22)23)4-5-11(12)17-13(20)2-1-3-14(17)24-18/h1-8,18H,9H2,(H2,21,22,23). The number of fused-ring (bicyclic) bond motifs is 3. The molecule has 0 spiro atoms. The molecule has 8 heteroatoms. The van der Waals surface area contributed by atoms with E-state index in [0.717, 1.165) is 25.4 Å². The minimum Gasteiger partial charge on any atom is -0.479 e. The number of thiophene rings is 1. The summed E-state index contributed by atoms with van der Waals surface area (Å²) in [7, 11) is -3.62. The van der Waals surface area contributed by atoms with Gasteiger partial charge in [-0.3, -0.25) is 0 Å². The molecule has 0 saturated carbocycles. The molecule has 4 nitrogen and oxygen atoms in total. The number of rotatable bonds is 3. The van der Waals surface area contributed by atoms with Crippen molar-refractivity contribution in [3.63, 3.8) is 0 Å². The number of hydrogen-bond acceptors (Lipinski definition) is 4. The van der Waals surface area contributed by atoms with Crippen molar-refractivity contribution in [1.29, 1.82) is 0 Å². The van der Waals surface area contributed by atoms with Crippen LogP contribution in [0.2, 0.25) is 5.02 Å². The third-order valence-electron chi connectivity index (χ3n) is 4.11. The van der Waals surface area contributed by atoms with Crippen LogP contribution < -0.4 is 9.88 Å². The topological polar surface area (TPSA) is 69.4 Å². The fraction of sp³-hybridized carbons (Fsp3) is 0.111. The molecule has 1 aliphatic rings. The van der Waals surface area contributed by atoms with Gasteiger partial charge in [-0.2, -0.15) is 0 Å². The second-order valence-electron chi connectivity index (χ2n) is 5.98. The summed E-state index contributed by atoms with van der Waals surface area (Å²) in [5.41, 5.74) is 3.25. The highest BCUT2D eigenvalue weighted by Gasteiger charge is 2.30. The summed E-state index contributed by atoms with van der Waals surface area (Å²) in [5, 5.41) is 5.80. The van der Waals surface area contributed by atoms with Gasteiger partial charge in [-0.25, -0.2) is 13.6 Å². The molecule has 0 saturated heterocycles. The highest BCUT2D eigenvalue weighted by molar-refractivity contribution is 9.11. The minimum atomic E-state index is -3.62.